The summed E-state index contributed by atoms with van der Waals surface area (Å²) in [4.78, 5) is 23.5. The zero-order valence-corrected chi connectivity index (χ0v) is 22.6. The predicted molar refractivity (Wildman–Crippen MR) is 122 cm³/mol. The van der Waals surface area contributed by atoms with Crippen LogP contribution in [0.5, 0.6) is 0 Å². The second-order valence-corrected chi connectivity index (χ2v) is 13.3. The summed E-state index contributed by atoms with van der Waals surface area (Å²) in [6.45, 7) is 0.648. The molecule has 0 bridgehead atoms. The van der Waals surface area contributed by atoms with E-state index in [4.69, 9.17) is 36.0 Å². The monoisotopic (exact) mass is 498 g/mol. The fourth-order valence-corrected chi connectivity index (χ4v) is 6.66. The topological polar surface area (TPSA) is 108 Å². The van der Waals surface area contributed by atoms with Gasteiger partial charge in [-0.25, -0.2) is 0 Å². The molecule has 0 saturated carbocycles. The van der Waals surface area contributed by atoms with Crippen LogP contribution in [0.15, 0.2) is 0 Å². The third-order valence-corrected chi connectivity index (χ3v) is 10.8. The van der Waals surface area contributed by atoms with Crippen LogP contribution >= 0.6 is 0 Å². The molecule has 0 aromatic heterocycles. The molecule has 0 aromatic rings. The van der Waals surface area contributed by atoms with Gasteiger partial charge in [-0.3, -0.25) is 9.59 Å². The Morgan fingerprint density at radius 1 is 0.500 bits per heavy atom. The Morgan fingerprint density at radius 2 is 0.812 bits per heavy atom. The number of unbranched alkanes of at least 4 members (excludes halogenated alkanes) is 4. The van der Waals surface area contributed by atoms with Crippen molar-refractivity contribution in [3.8, 4) is 0 Å². The Hall–Kier alpha value is -0.866. The van der Waals surface area contributed by atoms with Gasteiger partial charge in [0, 0.05) is 54.7 Å². The highest BCUT2D eigenvalue weighted by Crippen LogP contribution is 2.18. The van der Waals surface area contributed by atoms with Crippen LogP contribution in [0.1, 0.15) is 51.4 Å². The molecule has 0 heterocycles. The molecule has 12 heteroatoms. The first-order valence-electron chi connectivity index (χ1n) is 11.0. The highest BCUT2D eigenvalue weighted by Gasteiger charge is 2.37. The molecule has 0 aliphatic heterocycles. The number of carbonyl (C=O) groups excluding carboxylic acids is 2. The summed E-state index contributed by atoms with van der Waals surface area (Å²) >= 11 is 0. The van der Waals surface area contributed by atoms with Gasteiger partial charge in [-0.15, -0.1) is 0 Å². The maximum atomic E-state index is 11.8. The van der Waals surface area contributed by atoms with Crippen molar-refractivity contribution >= 4 is 29.5 Å². The van der Waals surface area contributed by atoms with Gasteiger partial charge in [-0.2, -0.15) is 0 Å². The first-order valence-corrected chi connectivity index (χ1v) is 14.8. The fraction of sp³-hybridized carbons (Fsp3) is 0.900. The number of esters is 2. The van der Waals surface area contributed by atoms with E-state index in [-0.39, 0.29) is 12.8 Å². The smallest absolute Gasteiger partial charge is 0.466 e. The van der Waals surface area contributed by atoms with Crippen molar-refractivity contribution in [3.05, 3.63) is 0 Å². The number of hydrogen-bond donors (Lipinski definition) is 0. The maximum Gasteiger partial charge on any atom is 0.500 e. The minimum atomic E-state index is -2.53. The Bertz CT molecular complexity index is 438. The van der Waals surface area contributed by atoms with Crippen molar-refractivity contribution in [1.82, 2.24) is 0 Å². The predicted octanol–water partition coefficient (Wildman–Crippen LogP) is 2.95. The van der Waals surface area contributed by atoms with Gasteiger partial charge in [0.15, 0.2) is 0 Å². The molecular weight excluding hydrogens is 456 g/mol. The summed E-state index contributed by atoms with van der Waals surface area (Å²) in [5.74, 6) is -0.785. The second kappa shape index (κ2) is 18.5. The lowest BCUT2D eigenvalue weighted by Crippen LogP contribution is -2.42. The molecule has 0 amide bonds. The van der Waals surface area contributed by atoms with E-state index < -0.39 is 29.5 Å². The zero-order valence-electron chi connectivity index (χ0n) is 20.6. The van der Waals surface area contributed by atoms with Gasteiger partial charge in [-0.05, 0) is 25.7 Å². The van der Waals surface area contributed by atoms with E-state index in [0.717, 1.165) is 38.5 Å². The molecule has 0 spiro atoms. The van der Waals surface area contributed by atoms with Gasteiger partial charge in [0.25, 0.3) is 0 Å². The SMILES string of the molecule is CO[Si](CCCCCOC(=O)CCC(=O)OCCCCC[Si](OC)(OC)OC)(OC)OC. The van der Waals surface area contributed by atoms with E-state index >= 15 is 0 Å². The molecule has 0 rings (SSSR count). The van der Waals surface area contributed by atoms with Crippen molar-refractivity contribution in [1.29, 1.82) is 0 Å². The van der Waals surface area contributed by atoms with Crippen molar-refractivity contribution in [2.45, 2.75) is 63.5 Å². The standard InChI is InChI=1S/C20H42O10Si2/c1-23-31(24-2,25-3)17-11-7-9-15-29-19(21)13-14-20(22)30-16-10-8-12-18-32(26-4,27-5)28-6/h7-18H2,1-6H3. The highest BCUT2D eigenvalue weighted by atomic mass is 28.4. The Balaban J connectivity index is 3.73. The van der Waals surface area contributed by atoms with Crippen molar-refractivity contribution in [2.24, 2.45) is 0 Å². The molecule has 0 aliphatic rings. The van der Waals surface area contributed by atoms with Crippen molar-refractivity contribution in [2.75, 3.05) is 55.9 Å². The lowest BCUT2D eigenvalue weighted by Gasteiger charge is -2.24. The van der Waals surface area contributed by atoms with Gasteiger partial charge in [0.2, 0.25) is 0 Å². The number of carbonyl (C=O) groups is 2. The summed E-state index contributed by atoms with van der Waals surface area (Å²) in [7, 11) is 4.46. The van der Waals surface area contributed by atoms with Gasteiger partial charge >= 0.3 is 29.5 Å². The summed E-state index contributed by atoms with van der Waals surface area (Å²) in [5, 5.41) is 0. The van der Waals surface area contributed by atoms with Crippen LogP contribution in [0, 0.1) is 0 Å². The van der Waals surface area contributed by atoms with E-state index in [1.165, 1.54) is 0 Å². The van der Waals surface area contributed by atoms with Crippen LogP contribution in [-0.2, 0) is 45.6 Å². The molecule has 10 nitrogen and oxygen atoms in total. The van der Waals surface area contributed by atoms with E-state index in [2.05, 4.69) is 0 Å². The molecule has 0 unspecified atom stereocenters. The lowest BCUT2D eigenvalue weighted by molar-refractivity contribution is -0.150. The molecule has 0 aliphatic carbocycles. The largest absolute Gasteiger partial charge is 0.500 e. The summed E-state index contributed by atoms with van der Waals surface area (Å²) in [5.41, 5.74) is 0. The Labute approximate surface area is 194 Å². The minimum absolute atomic E-state index is 0.0233. The van der Waals surface area contributed by atoms with E-state index in [9.17, 15) is 9.59 Å². The molecule has 0 saturated heterocycles. The number of hydrogen-bond acceptors (Lipinski definition) is 10. The highest BCUT2D eigenvalue weighted by molar-refractivity contribution is 6.60. The minimum Gasteiger partial charge on any atom is -0.466 e. The average molecular weight is 499 g/mol. The normalized spacial score (nSPS) is 12.1. The van der Waals surface area contributed by atoms with Crippen LogP contribution < -0.4 is 0 Å². The molecular formula is C20H42O10Si2. The lowest BCUT2D eigenvalue weighted by atomic mass is 10.2. The van der Waals surface area contributed by atoms with Crippen molar-refractivity contribution < 1.29 is 45.6 Å². The quantitative estimate of drug-likeness (QED) is 0.133. The first kappa shape index (κ1) is 31.1. The third kappa shape index (κ3) is 13.0. The van der Waals surface area contributed by atoms with Crippen LogP contribution in [0.2, 0.25) is 12.1 Å². The Kier molecular flexibility index (Phi) is 18.0. The second-order valence-electron chi connectivity index (χ2n) is 7.15. The van der Waals surface area contributed by atoms with E-state index in [1.807, 2.05) is 0 Å². The van der Waals surface area contributed by atoms with E-state index in [0.29, 0.717) is 25.3 Å². The number of ether oxygens (including phenoxy) is 2. The van der Waals surface area contributed by atoms with Crippen LogP contribution in [0.4, 0.5) is 0 Å². The van der Waals surface area contributed by atoms with Gasteiger partial charge in [-0.1, -0.05) is 12.8 Å². The fourth-order valence-electron chi connectivity index (χ4n) is 3.07. The van der Waals surface area contributed by atoms with Crippen molar-refractivity contribution in [3.63, 3.8) is 0 Å². The van der Waals surface area contributed by atoms with Crippen LogP contribution in [-0.4, -0.2) is 85.4 Å². The molecule has 0 radical (unpaired) electrons. The molecule has 0 atom stereocenters. The zero-order chi connectivity index (χ0) is 24.3. The molecule has 0 N–H and O–H groups in total. The van der Waals surface area contributed by atoms with Crippen LogP contribution in [0.25, 0.3) is 0 Å². The van der Waals surface area contributed by atoms with Crippen LogP contribution in [0.3, 0.4) is 0 Å². The molecule has 32 heavy (non-hydrogen) atoms. The maximum absolute atomic E-state index is 11.8. The van der Waals surface area contributed by atoms with Gasteiger partial charge in [0.1, 0.15) is 0 Å². The Morgan fingerprint density at radius 3 is 1.09 bits per heavy atom. The number of rotatable bonds is 21. The van der Waals surface area contributed by atoms with E-state index in [1.54, 1.807) is 42.7 Å². The summed E-state index contributed by atoms with van der Waals surface area (Å²) in [6.07, 6.45) is 4.96. The third-order valence-electron chi connectivity index (χ3n) is 5.18. The summed E-state index contributed by atoms with van der Waals surface area (Å²) < 4.78 is 42.5. The summed E-state index contributed by atoms with van der Waals surface area (Å²) in [6, 6.07) is 1.43. The molecule has 190 valence electrons. The first-order chi connectivity index (χ1) is 15.4. The van der Waals surface area contributed by atoms with Gasteiger partial charge in [0.05, 0.1) is 26.1 Å². The molecule has 0 aromatic carbocycles. The van der Waals surface area contributed by atoms with Gasteiger partial charge < -0.3 is 36.0 Å². The average Bonchev–Trinajstić information content (AvgIpc) is 2.83. The molecule has 0 fully saturated rings.